The molecule has 1 aliphatic rings. The van der Waals surface area contributed by atoms with Crippen molar-refractivity contribution in [2.75, 3.05) is 29.0 Å². The fraction of sp³-hybridized carbons (Fsp3) is 0.538. The molecule has 4 nitrogen and oxygen atoms in total. The smallest absolute Gasteiger partial charge is 0.229 e. The van der Waals surface area contributed by atoms with Crippen LogP contribution in [0.25, 0.3) is 0 Å². The molecule has 1 saturated heterocycles. The van der Waals surface area contributed by atoms with E-state index in [0.717, 1.165) is 19.3 Å². The van der Waals surface area contributed by atoms with E-state index >= 15 is 0 Å². The monoisotopic (exact) mass is 268 g/mol. The molecular weight excluding hydrogens is 248 g/mol. The molecule has 0 radical (unpaired) electrons. The molecule has 1 aliphatic heterocycles. The molecule has 18 heavy (non-hydrogen) atoms. The quantitative estimate of drug-likeness (QED) is 0.916. The van der Waals surface area contributed by atoms with Crippen LogP contribution in [0.15, 0.2) is 24.3 Å². The number of sulfonamides is 1. The van der Waals surface area contributed by atoms with Gasteiger partial charge in [0.05, 0.1) is 6.26 Å². The minimum Gasteiger partial charge on any atom is -0.372 e. The summed E-state index contributed by atoms with van der Waals surface area (Å²) < 4.78 is 24.7. The summed E-state index contributed by atoms with van der Waals surface area (Å²) in [6, 6.07) is 7.61. The van der Waals surface area contributed by atoms with Crippen molar-refractivity contribution in [3.63, 3.8) is 0 Å². The Labute approximate surface area is 109 Å². The molecule has 0 unspecified atom stereocenters. The lowest BCUT2D eigenvalue weighted by molar-refractivity contribution is 0.607. The van der Waals surface area contributed by atoms with Gasteiger partial charge in [-0.25, -0.2) is 8.42 Å². The lowest BCUT2D eigenvalue weighted by atomic mass is 10.2. The van der Waals surface area contributed by atoms with Crippen molar-refractivity contribution < 1.29 is 8.42 Å². The Bertz CT molecular complexity index is 474. The number of nitrogens with one attached hydrogen (secondary N) is 1. The van der Waals surface area contributed by atoms with E-state index in [-0.39, 0.29) is 0 Å². The zero-order valence-corrected chi connectivity index (χ0v) is 11.5. The van der Waals surface area contributed by atoms with Crippen molar-refractivity contribution >= 4 is 21.4 Å². The first-order valence-corrected chi connectivity index (χ1v) is 8.26. The van der Waals surface area contributed by atoms with Gasteiger partial charge in [0.1, 0.15) is 0 Å². The summed E-state index contributed by atoms with van der Waals surface area (Å²) in [5, 5.41) is 0. The highest BCUT2D eigenvalue weighted by atomic mass is 32.2. The highest BCUT2D eigenvalue weighted by Crippen LogP contribution is 2.21. The van der Waals surface area contributed by atoms with Crippen LogP contribution in [0.3, 0.4) is 0 Å². The normalized spacial score (nSPS) is 17.3. The lowest BCUT2D eigenvalue weighted by Crippen LogP contribution is -2.23. The van der Waals surface area contributed by atoms with Crippen LogP contribution in [-0.4, -0.2) is 27.8 Å². The van der Waals surface area contributed by atoms with E-state index in [2.05, 4.69) is 9.62 Å². The molecule has 0 spiro atoms. The standard InChI is InChI=1S/C13H20N2O2S/c1-18(16,17)14-12-6-8-13(9-7-12)15-10-4-2-3-5-11-15/h6-9,14H,2-5,10-11H2,1H3. The maximum atomic E-state index is 11.1. The summed E-state index contributed by atoms with van der Waals surface area (Å²) >= 11 is 0. The molecule has 1 aromatic carbocycles. The molecular formula is C13H20N2O2S. The Balaban J connectivity index is 2.06. The first-order valence-electron chi connectivity index (χ1n) is 6.37. The van der Waals surface area contributed by atoms with Gasteiger partial charge in [0.25, 0.3) is 0 Å². The van der Waals surface area contributed by atoms with Crippen molar-refractivity contribution in [2.24, 2.45) is 0 Å². The Morgan fingerprint density at radius 1 is 1.00 bits per heavy atom. The van der Waals surface area contributed by atoms with Crippen LogP contribution in [0.5, 0.6) is 0 Å². The van der Waals surface area contributed by atoms with Crippen LogP contribution in [0, 0.1) is 0 Å². The van der Waals surface area contributed by atoms with E-state index in [4.69, 9.17) is 0 Å². The minimum absolute atomic E-state index is 0.621. The first-order chi connectivity index (χ1) is 8.54. The topological polar surface area (TPSA) is 49.4 Å². The van der Waals surface area contributed by atoms with E-state index in [0.29, 0.717) is 5.69 Å². The third-order valence-corrected chi connectivity index (χ3v) is 3.75. The summed E-state index contributed by atoms with van der Waals surface area (Å²) in [7, 11) is -3.18. The van der Waals surface area contributed by atoms with Crippen LogP contribution in [0.2, 0.25) is 0 Å². The SMILES string of the molecule is CS(=O)(=O)Nc1ccc(N2CCCCCC2)cc1. The van der Waals surface area contributed by atoms with Crippen LogP contribution in [0.4, 0.5) is 11.4 Å². The second-order valence-electron chi connectivity index (χ2n) is 4.82. The summed E-state index contributed by atoms with van der Waals surface area (Å²) in [6.07, 6.45) is 6.26. The van der Waals surface area contributed by atoms with Crippen LogP contribution in [0.1, 0.15) is 25.7 Å². The molecule has 1 N–H and O–H groups in total. The average Bonchev–Trinajstić information content (AvgIpc) is 2.56. The molecule has 100 valence electrons. The highest BCUT2D eigenvalue weighted by molar-refractivity contribution is 7.92. The fourth-order valence-electron chi connectivity index (χ4n) is 2.28. The summed E-state index contributed by atoms with van der Waals surface area (Å²) in [5.41, 5.74) is 1.80. The van der Waals surface area contributed by atoms with Gasteiger partial charge in [0.15, 0.2) is 0 Å². The number of nitrogens with zero attached hydrogens (tertiary/aromatic N) is 1. The Morgan fingerprint density at radius 2 is 1.56 bits per heavy atom. The molecule has 2 rings (SSSR count). The largest absolute Gasteiger partial charge is 0.372 e. The third kappa shape index (κ3) is 3.91. The number of rotatable bonds is 3. The molecule has 0 bridgehead atoms. The molecule has 1 fully saturated rings. The molecule has 1 aromatic rings. The number of benzene rings is 1. The zero-order valence-electron chi connectivity index (χ0n) is 10.7. The molecule has 0 amide bonds. The maximum Gasteiger partial charge on any atom is 0.229 e. The number of anilines is 2. The highest BCUT2D eigenvalue weighted by Gasteiger charge is 2.10. The summed E-state index contributed by atoms with van der Waals surface area (Å²) in [5.74, 6) is 0. The van der Waals surface area contributed by atoms with E-state index < -0.39 is 10.0 Å². The number of hydrogen-bond donors (Lipinski definition) is 1. The van der Waals surface area contributed by atoms with Gasteiger partial charge in [-0.2, -0.15) is 0 Å². The molecule has 1 heterocycles. The van der Waals surface area contributed by atoms with Gasteiger partial charge < -0.3 is 4.90 Å². The molecule has 0 saturated carbocycles. The van der Waals surface area contributed by atoms with Crippen molar-refractivity contribution in [3.8, 4) is 0 Å². The second kappa shape index (κ2) is 5.61. The first kappa shape index (κ1) is 13.2. The van der Waals surface area contributed by atoms with E-state index in [9.17, 15) is 8.42 Å². The van der Waals surface area contributed by atoms with E-state index in [1.807, 2.05) is 24.3 Å². The number of hydrogen-bond acceptors (Lipinski definition) is 3. The fourth-order valence-corrected chi connectivity index (χ4v) is 2.85. The second-order valence-corrected chi connectivity index (χ2v) is 6.57. The Hall–Kier alpha value is -1.23. The van der Waals surface area contributed by atoms with Gasteiger partial charge in [0.2, 0.25) is 10.0 Å². The molecule has 0 aromatic heterocycles. The van der Waals surface area contributed by atoms with E-state index in [1.54, 1.807) is 0 Å². The molecule has 5 heteroatoms. The zero-order chi connectivity index (χ0) is 13.0. The van der Waals surface area contributed by atoms with Gasteiger partial charge >= 0.3 is 0 Å². The Kier molecular flexibility index (Phi) is 4.11. The predicted molar refractivity (Wildman–Crippen MR) is 75.6 cm³/mol. The molecule has 0 atom stereocenters. The van der Waals surface area contributed by atoms with Crippen molar-refractivity contribution in [1.82, 2.24) is 0 Å². The van der Waals surface area contributed by atoms with Crippen LogP contribution in [-0.2, 0) is 10.0 Å². The maximum absolute atomic E-state index is 11.1. The van der Waals surface area contributed by atoms with Crippen molar-refractivity contribution in [2.45, 2.75) is 25.7 Å². The van der Waals surface area contributed by atoms with Gasteiger partial charge in [-0.1, -0.05) is 12.8 Å². The van der Waals surface area contributed by atoms with Crippen LogP contribution >= 0.6 is 0 Å². The van der Waals surface area contributed by atoms with Gasteiger partial charge in [0, 0.05) is 24.5 Å². The average molecular weight is 268 g/mol. The summed E-state index contributed by atoms with van der Waals surface area (Å²) in [4.78, 5) is 2.37. The van der Waals surface area contributed by atoms with Crippen LogP contribution < -0.4 is 9.62 Å². The lowest BCUT2D eigenvalue weighted by Gasteiger charge is -2.22. The van der Waals surface area contributed by atoms with E-state index in [1.165, 1.54) is 31.4 Å². The van der Waals surface area contributed by atoms with Gasteiger partial charge in [-0.3, -0.25) is 4.72 Å². The van der Waals surface area contributed by atoms with Gasteiger partial charge in [-0.15, -0.1) is 0 Å². The predicted octanol–water partition coefficient (Wildman–Crippen LogP) is 2.44. The molecule has 0 aliphatic carbocycles. The van der Waals surface area contributed by atoms with Crippen molar-refractivity contribution in [3.05, 3.63) is 24.3 Å². The Morgan fingerprint density at radius 3 is 2.06 bits per heavy atom. The third-order valence-electron chi connectivity index (χ3n) is 3.14. The van der Waals surface area contributed by atoms with Gasteiger partial charge in [-0.05, 0) is 37.1 Å². The van der Waals surface area contributed by atoms with Crippen molar-refractivity contribution in [1.29, 1.82) is 0 Å². The summed E-state index contributed by atoms with van der Waals surface area (Å²) in [6.45, 7) is 2.19. The minimum atomic E-state index is -3.18.